The van der Waals surface area contributed by atoms with Crippen molar-refractivity contribution in [1.82, 2.24) is 5.32 Å². The Hall–Kier alpha value is -0.860. The van der Waals surface area contributed by atoms with Crippen molar-refractivity contribution in [3.63, 3.8) is 0 Å². The van der Waals surface area contributed by atoms with Crippen molar-refractivity contribution in [3.8, 4) is 0 Å². The molecule has 0 heterocycles. The molecular formula is C19H33NO. The van der Waals surface area contributed by atoms with Crippen LogP contribution in [0, 0.1) is 0 Å². The van der Waals surface area contributed by atoms with E-state index in [-0.39, 0.29) is 11.0 Å². The van der Waals surface area contributed by atoms with Crippen LogP contribution in [0.2, 0.25) is 0 Å². The Morgan fingerprint density at radius 2 is 1.71 bits per heavy atom. The van der Waals surface area contributed by atoms with Gasteiger partial charge in [-0.25, -0.2) is 0 Å². The molecule has 0 radical (unpaired) electrons. The van der Waals surface area contributed by atoms with Crippen LogP contribution in [-0.4, -0.2) is 24.8 Å². The zero-order valence-electron chi connectivity index (χ0n) is 14.7. The van der Waals surface area contributed by atoms with E-state index in [1.807, 2.05) is 0 Å². The molecular weight excluding hydrogens is 258 g/mol. The molecule has 0 aliphatic carbocycles. The second-order valence-corrected chi connectivity index (χ2v) is 7.25. The van der Waals surface area contributed by atoms with Crippen molar-refractivity contribution in [2.45, 2.75) is 71.4 Å². The Bertz CT molecular complexity index is 394. The Labute approximate surface area is 131 Å². The first kappa shape index (κ1) is 18.2. The molecule has 2 nitrogen and oxygen atoms in total. The number of nitrogens with one attached hydrogen (secondary N) is 1. The molecule has 0 amide bonds. The predicted octanol–water partition coefficient (Wildman–Crippen LogP) is 4.54. The van der Waals surface area contributed by atoms with Crippen molar-refractivity contribution in [2.75, 3.05) is 13.2 Å². The first-order valence-electron chi connectivity index (χ1n) is 8.22. The predicted molar refractivity (Wildman–Crippen MR) is 91.9 cm³/mol. The maximum absolute atomic E-state index is 5.99. The van der Waals surface area contributed by atoms with Gasteiger partial charge in [-0.2, -0.15) is 0 Å². The van der Waals surface area contributed by atoms with Crippen molar-refractivity contribution in [1.29, 1.82) is 0 Å². The van der Waals surface area contributed by atoms with E-state index in [2.05, 4.69) is 77.2 Å². The molecule has 0 spiro atoms. The average Bonchev–Trinajstić information content (AvgIpc) is 2.42. The van der Waals surface area contributed by atoms with Gasteiger partial charge in [-0.15, -0.1) is 0 Å². The van der Waals surface area contributed by atoms with E-state index in [9.17, 15) is 0 Å². The van der Waals surface area contributed by atoms with Gasteiger partial charge in [0, 0.05) is 24.6 Å². The lowest BCUT2D eigenvalue weighted by Gasteiger charge is -2.35. The van der Waals surface area contributed by atoms with Crippen LogP contribution in [0.4, 0.5) is 0 Å². The topological polar surface area (TPSA) is 21.3 Å². The van der Waals surface area contributed by atoms with Gasteiger partial charge in [0.15, 0.2) is 0 Å². The largest absolute Gasteiger partial charge is 0.376 e. The van der Waals surface area contributed by atoms with E-state index in [1.54, 1.807) is 0 Å². The van der Waals surface area contributed by atoms with Crippen LogP contribution in [0.25, 0.3) is 0 Å². The van der Waals surface area contributed by atoms with E-state index in [1.165, 1.54) is 5.56 Å². The minimum Gasteiger partial charge on any atom is -0.376 e. The van der Waals surface area contributed by atoms with Crippen molar-refractivity contribution in [3.05, 3.63) is 35.9 Å². The maximum Gasteiger partial charge on any atom is 0.0598 e. The van der Waals surface area contributed by atoms with E-state index in [0.29, 0.717) is 6.04 Å². The van der Waals surface area contributed by atoms with Crippen LogP contribution in [0.3, 0.4) is 0 Å². The molecule has 0 fully saturated rings. The van der Waals surface area contributed by atoms with Crippen molar-refractivity contribution >= 4 is 0 Å². The highest BCUT2D eigenvalue weighted by Crippen LogP contribution is 2.32. The SMILES string of the molecule is CCC(CCOC(C)(C)C)(CNC(C)C)c1ccccc1. The van der Waals surface area contributed by atoms with Crippen molar-refractivity contribution < 1.29 is 4.74 Å². The maximum atomic E-state index is 5.99. The van der Waals surface area contributed by atoms with E-state index >= 15 is 0 Å². The quantitative estimate of drug-likeness (QED) is 0.759. The van der Waals surface area contributed by atoms with Gasteiger partial charge in [0.25, 0.3) is 0 Å². The molecule has 120 valence electrons. The molecule has 1 unspecified atom stereocenters. The Morgan fingerprint density at radius 1 is 1.10 bits per heavy atom. The summed E-state index contributed by atoms with van der Waals surface area (Å²) in [4.78, 5) is 0. The lowest BCUT2D eigenvalue weighted by Crippen LogP contribution is -2.42. The van der Waals surface area contributed by atoms with Gasteiger partial charge in [-0.05, 0) is 39.2 Å². The molecule has 1 atom stereocenters. The van der Waals surface area contributed by atoms with Gasteiger partial charge in [0.05, 0.1) is 5.60 Å². The lowest BCUT2D eigenvalue weighted by molar-refractivity contribution is -0.0123. The van der Waals surface area contributed by atoms with Gasteiger partial charge in [0.1, 0.15) is 0 Å². The van der Waals surface area contributed by atoms with Gasteiger partial charge in [-0.1, -0.05) is 51.1 Å². The molecule has 1 aromatic rings. The third kappa shape index (κ3) is 6.19. The Morgan fingerprint density at radius 3 is 2.19 bits per heavy atom. The summed E-state index contributed by atoms with van der Waals surface area (Å²) in [6.45, 7) is 14.9. The van der Waals surface area contributed by atoms with Gasteiger partial charge in [-0.3, -0.25) is 0 Å². The normalized spacial score (nSPS) is 15.2. The second kappa shape index (κ2) is 7.95. The first-order chi connectivity index (χ1) is 9.79. The second-order valence-electron chi connectivity index (χ2n) is 7.25. The van der Waals surface area contributed by atoms with Crippen LogP contribution in [0.5, 0.6) is 0 Å². The van der Waals surface area contributed by atoms with E-state index in [4.69, 9.17) is 4.74 Å². The minimum absolute atomic E-state index is 0.0678. The van der Waals surface area contributed by atoms with E-state index < -0.39 is 0 Å². The number of ether oxygens (including phenoxy) is 1. The molecule has 2 heteroatoms. The van der Waals surface area contributed by atoms with Crippen LogP contribution in [0.15, 0.2) is 30.3 Å². The van der Waals surface area contributed by atoms with Gasteiger partial charge < -0.3 is 10.1 Å². The standard InChI is InChI=1S/C19H33NO/c1-7-19(15-20-16(2)3,13-14-21-18(4,5)6)17-11-9-8-10-12-17/h8-12,16,20H,7,13-15H2,1-6H3. The summed E-state index contributed by atoms with van der Waals surface area (Å²) in [7, 11) is 0. The highest BCUT2D eigenvalue weighted by atomic mass is 16.5. The average molecular weight is 291 g/mol. The van der Waals surface area contributed by atoms with Gasteiger partial charge in [0.2, 0.25) is 0 Å². The minimum atomic E-state index is -0.0678. The lowest BCUT2D eigenvalue weighted by atomic mass is 9.75. The third-order valence-corrected chi connectivity index (χ3v) is 4.03. The Balaban J connectivity index is 2.86. The van der Waals surface area contributed by atoms with Crippen LogP contribution >= 0.6 is 0 Å². The summed E-state index contributed by atoms with van der Waals surface area (Å²) < 4.78 is 5.99. The summed E-state index contributed by atoms with van der Waals surface area (Å²) in [5.41, 5.74) is 1.50. The fourth-order valence-electron chi connectivity index (χ4n) is 2.58. The summed E-state index contributed by atoms with van der Waals surface area (Å²) >= 11 is 0. The molecule has 21 heavy (non-hydrogen) atoms. The number of hydrogen-bond acceptors (Lipinski definition) is 2. The molecule has 1 aromatic carbocycles. The third-order valence-electron chi connectivity index (χ3n) is 4.03. The fraction of sp³-hybridized carbons (Fsp3) is 0.684. The first-order valence-corrected chi connectivity index (χ1v) is 8.22. The highest BCUT2D eigenvalue weighted by molar-refractivity contribution is 5.26. The zero-order chi connectivity index (χ0) is 15.9. The van der Waals surface area contributed by atoms with E-state index in [0.717, 1.165) is 26.0 Å². The molecule has 0 bridgehead atoms. The van der Waals surface area contributed by atoms with Crippen LogP contribution < -0.4 is 5.32 Å². The molecule has 0 saturated carbocycles. The summed E-state index contributed by atoms with van der Waals surface area (Å²) in [6.07, 6.45) is 2.16. The van der Waals surface area contributed by atoms with Crippen LogP contribution in [-0.2, 0) is 10.2 Å². The monoisotopic (exact) mass is 291 g/mol. The summed E-state index contributed by atoms with van der Waals surface area (Å²) in [6, 6.07) is 11.4. The molecule has 1 N–H and O–H groups in total. The number of hydrogen-bond donors (Lipinski definition) is 1. The molecule has 0 saturated heterocycles. The highest BCUT2D eigenvalue weighted by Gasteiger charge is 2.30. The van der Waals surface area contributed by atoms with Crippen molar-refractivity contribution in [2.24, 2.45) is 0 Å². The molecule has 1 rings (SSSR count). The zero-order valence-corrected chi connectivity index (χ0v) is 14.7. The molecule has 0 aliphatic rings. The smallest absolute Gasteiger partial charge is 0.0598 e. The molecule has 0 aliphatic heterocycles. The number of benzene rings is 1. The van der Waals surface area contributed by atoms with Gasteiger partial charge >= 0.3 is 0 Å². The molecule has 0 aromatic heterocycles. The van der Waals surface area contributed by atoms with Crippen LogP contribution in [0.1, 0.15) is 59.9 Å². The number of rotatable bonds is 8. The summed E-state index contributed by atoms with van der Waals surface area (Å²) in [5.74, 6) is 0. The Kier molecular flexibility index (Phi) is 6.89. The summed E-state index contributed by atoms with van der Waals surface area (Å²) in [5, 5.41) is 3.63. The fourth-order valence-corrected chi connectivity index (χ4v) is 2.58.